The van der Waals surface area contributed by atoms with Crippen molar-refractivity contribution < 1.29 is 13.0 Å². The van der Waals surface area contributed by atoms with Gasteiger partial charge in [0.2, 0.25) is 0 Å². The van der Waals surface area contributed by atoms with Crippen molar-refractivity contribution in [3.05, 3.63) is 96.6 Å². The summed E-state index contributed by atoms with van der Waals surface area (Å²) in [5.74, 6) is -0.544. The molecule has 0 radical (unpaired) electrons. The Labute approximate surface area is 193 Å². The van der Waals surface area contributed by atoms with E-state index >= 15 is 0 Å². The van der Waals surface area contributed by atoms with E-state index in [1.165, 1.54) is 17.2 Å². The van der Waals surface area contributed by atoms with Crippen molar-refractivity contribution in [3.8, 4) is 5.75 Å². The first kappa shape index (κ1) is 23.3. The summed E-state index contributed by atoms with van der Waals surface area (Å²) >= 11 is -2.53. The van der Waals surface area contributed by atoms with Crippen LogP contribution in [-0.4, -0.2) is 11.1 Å². The van der Waals surface area contributed by atoms with E-state index in [0.29, 0.717) is 0 Å². The molecule has 0 aromatic heterocycles. The Hall–Kier alpha value is -2.34. The van der Waals surface area contributed by atoms with Gasteiger partial charge in [0.05, 0.1) is 0 Å². The van der Waals surface area contributed by atoms with Crippen LogP contribution in [0.3, 0.4) is 0 Å². The zero-order valence-corrected chi connectivity index (χ0v) is 21.2. The maximum atomic E-state index is 12.9. The van der Waals surface area contributed by atoms with Crippen LogP contribution in [0.1, 0.15) is 63.0 Å². The Balaban J connectivity index is 1.99. The van der Waals surface area contributed by atoms with Crippen molar-refractivity contribution in [3.63, 3.8) is 0 Å². The van der Waals surface area contributed by atoms with Crippen LogP contribution < -0.4 is 0 Å². The molecule has 3 aromatic rings. The van der Waals surface area contributed by atoms with E-state index in [4.69, 9.17) is 3.07 Å². The monoisotopic (exact) mass is 530 g/mol. The molecule has 0 aliphatic rings. The summed E-state index contributed by atoms with van der Waals surface area (Å²) in [7, 11) is 0. The van der Waals surface area contributed by atoms with Gasteiger partial charge in [0, 0.05) is 0 Å². The number of halogens is 1. The SMILES string of the molecule is CC(C)(C)c1ccc(I(OC(=O)c2ccccc2O)c2ccc(C(C)(C)C)cc2)cc1. The van der Waals surface area contributed by atoms with Crippen LogP contribution in [0.2, 0.25) is 0 Å². The fourth-order valence-electron chi connectivity index (χ4n) is 3.10. The van der Waals surface area contributed by atoms with E-state index in [0.717, 1.165) is 7.14 Å². The van der Waals surface area contributed by atoms with E-state index in [1.54, 1.807) is 18.2 Å². The molecule has 0 aliphatic carbocycles. The topological polar surface area (TPSA) is 46.5 Å². The molecule has 31 heavy (non-hydrogen) atoms. The Kier molecular flexibility index (Phi) is 6.79. The van der Waals surface area contributed by atoms with Gasteiger partial charge in [0.15, 0.2) is 0 Å². The van der Waals surface area contributed by atoms with Crippen molar-refractivity contribution >= 4 is 26.2 Å². The van der Waals surface area contributed by atoms with E-state index in [9.17, 15) is 9.90 Å². The number of hydrogen-bond donors (Lipinski definition) is 1. The van der Waals surface area contributed by atoms with Gasteiger partial charge in [0.1, 0.15) is 0 Å². The van der Waals surface area contributed by atoms with Crippen molar-refractivity contribution in [2.75, 3.05) is 0 Å². The average molecular weight is 530 g/mol. The van der Waals surface area contributed by atoms with Gasteiger partial charge in [-0.2, -0.15) is 0 Å². The van der Waals surface area contributed by atoms with Crippen LogP contribution in [0.15, 0.2) is 72.8 Å². The zero-order valence-electron chi connectivity index (χ0n) is 19.1. The molecule has 0 saturated heterocycles. The molecular weight excluding hydrogens is 499 g/mol. The van der Waals surface area contributed by atoms with Crippen molar-refractivity contribution in [2.45, 2.75) is 52.4 Å². The number of para-hydroxylation sites is 1. The summed E-state index contributed by atoms with van der Waals surface area (Å²) in [6.07, 6.45) is 0. The minimum atomic E-state index is -2.53. The Morgan fingerprint density at radius 3 is 1.52 bits per heavy atom. The molecule has 4 heteroatoms. The zero-order chi connectivity index (χ0) is 22.8. The van der Waals surface area contributed by atoms with E-state index in [1.807, 2.05) is 0 Å². The number of rotatable bonds is 4. The van der Waals surface area contributed by atoms with E-state index in [2.05, 4.69) is 90.1 Å². The number of hydrogen-bond acceptors (Lipinski definition) is 3. The number of phenolic OH excluding ortho intramolecular Hbond substituents is 1. The van der Waals surface area contributed by atoms with Gasteiger partial charge in [-0.3, -0.25) is 0 Å². The fraction of sp³-hybridized carbons (Fsp3) is 0.296. The summed E-state index contributed by atoms with van der Waals surface area (Å²) in [6.45, 7) is 13.1. The first-order valence-electron chi connectivity index (χ1n) is 10.4. The number of benzene rings is 3. The summed E-state index contributed by atoms with van der Waals surface area (Å²) in [4.78, 5) is 12.9. The Bertz CT molecular complexity index is 982. The van der Waals surface area contributed by atoms with Crippen LogP contribution in [-0.2, 0) is 13.9 Å². The first-order valence-corrected chi connectivity index (χ1v) is 13.4. The minimum absolute atomic E-state index is 0.0540. The van der Waals surface area contributed by atoms with Crippen molar-refractivity contribution in [1.29, 1.82) is 0 Å². The normalized spacial score (nSPS) is 12.4. The van der Waals surface area contributed by atoms with Gasteiger partial charge in [-0.25, -0.2) is 0 Å². The molecule has 0 saturated carbocycles. The van der Waals surface area contributed by atoms with Crippen LogP contribution in [0.5, 0.6) is 5.75 Å². The van der Waals surface area contributed by atoms with Gasteiger partial charge in [0.25, 0.3) is 0 Å². The molecule has 3 aromatic carbocycles. The Morgan fingerprint density at radius 2 is 1.13 bits per heavy atom. The summed E-state index contributed by atoms with van der Waals surface area (Å²) in [5.41, 5.74) is 2.78. The van der Waals surface area contributed by atoms with Crippen LogP contribution >= 0.6 is 20.2 Å². The maximum absolute atomic E-state index is 12.9. The molecular formula is C27H31IO3. The summed E-state index contributed by atoms with van der Waals surface area (Å²) in [6, 6.07) is 23.3. The van der Waals surface area contributed by atoms with Crippen LogP contribution in [0.4, 0.5) is 0 Å². The van der Waals surface area contributed by atoms with Gasteiger partial charge in [-0.15, -0.1) is 0 Å². The summed E-state index contributed by atoms with van der Waals surface area (Å²) < 4.78 is 8.19. The molecule has 0 atom stereocenters. The molecule has 0 unspecified atom stereocenters. The molecule has 0 heterocycles. The average Bonchev–Trinajstić information content (AvgIpc) is 2.71. The number of carbonyl (C=O) groups excluding carboxylic acids is 1. The number of aromatic hydroxyl groups is 1. The van der Waals surface area contributed by atoms with Gasteiger partial charge < -0.3 is 0 Å². The second kappa shape index (κ2) is 9.03. The number of carbonyl (C=O) groups is 1. The third-order valence-electron chi connectivity index (χ3n) is 5.09. The van der Waals surface area contributed by atoms with E-state index < -0.39 is 26.2 Å². The van der Waals surface area contributed by atoms with Crippen LogP contribution in [0.25, 0.3) is 0 Å². The molecule has 0 aliphatic heterocycles. The second-order valence-corrected chi connectivity index (χ2v) is 14.0. The fourth-order valence-corrected chi connectivity index (χ4v) is 6.99. The molecule has 0 spiro atoms. The third kappa shape index (κ3) is 5.67. The third-order valence-corrected chi connectivity index (χ3v) is 9.63. The van der Waals surface area contributed by atoms with Gasteiger partial charge >= 0.3 is 194 Å². The standard InChI is InChI=1S/C27H31IO3/c1-26(2,3)19-11-15-21(16-12-19)28(22-17-13-20(14-18-22)27(4,5)6)31-25(30)23-9-7-8-10-24(23)29/h7-18,29H,1-6H3. The van der Waals surface area contributed by atoms with E-state index in [-0.39, 0.29) is 22.1 Å². The quantitative estimate of drug-likeness (QED) is 0.360. The first-order chi connectivity index (χ1) is 14.5. The molecule has 164 valence electrons. The molecule has 0 amide bonds. The molecule has 1 N–H and O–H groups in total. The molecule has 0 fully saturated rings. The van der Waals surface area contributed by atoms with Gasteiger partial charge in [-0.05, 0) is 0 Å². The molecule has 3 nitrogen and oxygen atoms in total. The predicted octanol–water partition coefficient (Wildman–Crippen LogP) is 7.31. The predicted molar refractivity (Wildman–Crippen MR) is 135 cm³/mol. The Morgan fingerprint density at radius 1 is 0.710 bits per heavy atom. The summed E-state index contributed by atoms with van der Waals surface area (Å²) in [5, 5.41) is 10.1. The molecule has 0 bridgehead atoms. The van der Waals surface area contributed by atoms with Crippen molar-refractivity contribution in [2.24, 2.45) is 0 Å². The molecule has 3 rings (SSSR count). The number of phenols is 1. The van der Waals surface area contributed by atoms with Crippen LogP contribution in [0, 0.1) is 7.14 Å². The second-order valence-electron chi connectivity index (χ2n) is 9.64. The van der Waals surface area contributed by atoms with Crippen molar-refractivity contribution in [1.82, 2.24) is 0 Å². The van der Waals surface area contributed by atoms with Gasteiger partial charge in [-0.1, -0.05) is 0 Å².